The molecule has 7 nitrogen and oxygen atoms in total. The van der Waals surface area contributed by atoms with Crippen LogP contribution in [0.2, 0.25) is 0 Å². The Bertz CT molecular complexity index is 1350. The molecule has 0 aliphatic rings. The molecule has 4 aromatic rings. The molecule has 3 aromatic carbocycles. The Morgan fingerprint density at radius 3 is 2.26 bits per heavy atom. The first-order chi connectivity index (χ1) is 15.0. The summed E-state index contributed by atoms with van der Waals surface area (Å²) >= 11 is 0. The van der Waals surface area contributed by atoms with Crippen molar-refractivity contribution in [3.05, 3.63) is 96.6 Å². The van der Waals surface area contributed by atoms with Gasteiger partial charge in [-0.2, -0.15) is 10.2 Å². The van der Waals surface area contributed by atoms with Crippen LogP contribution in [0.15, 0.2) is 95.9 Å². The van der Waals surface area contributed by atoms with E-state index in [9.17, 15) is 8.42 Å². The summed E-state index contributed by atoms with van der Waals surface area (Å²) in [6.07, 6.45) is 0. The Hall–Kier alpha value is -4.22. The van der Waals surface area contributed by atoms with Gasteiger partial charge in [0.1, 0.15) is 5.75 Å². The third-order valence-corrected chi connectivity index (χ3v) is 5.58. The molecular formula is C23H16N4O3S. The normalized spacial score (nSPS) is 10.8. The second-order valence-electron chi connectivity index (χ2n) is 6.44. The first-order valence-corrected chi connectivity index (χ1v) is 10.7. The maximum Gasteiger partial charge on any atom is 0.264 e. The highest BCUT2D eigenvalue weighted by molar-refractivity contribution is 7.92. The highest BCUT2D eigenvalue weighted by atomic mass is 32.2. The van der Waals surface area contributed by atoms with Gasteiger partial charge in [-0.15, -0.1) is 0 Å². The van der Waals surface area contributed by atoms with Crippen LogP contribution in [0.5, 0.6) is 11.6 Å². The van der Waals surface area contributed by atoms with E-state index in [-0.39, 0.29) is 16.7 Å². The third-order valence-electron chi connectivity index (χ3n) is 4.24. The average Bonchev–Trinajstić information content (AvgIpc) is 2.80. The molecular weight excluding hydrogens is 412 g/mol. The summed E-state index contributed by atoms with van der Waals surface area (Å²) in [7, 11) is -3.89. The Morgan fingerprint density at radius 1 is 0.839 bits per heavy atom. The first kappa shape index (κ1) is 20.1. The van der Waals surface area contributed by atoms with Gasteiger partial charge < -0.3 is 4.74 Å². The number of ether oxygens (including phenoxy) is 1. The molecule has 0 aliphatic carbocycles. The van der Waals surface area contributed by atoms with Gasteiger partial charge in [-0.05, 0) is 30.3 Å². The van der Waals surface area contributed by atoms with Crippen molar-refractivity contribution < 1.29 is 13.2 Å². The van der Waals surface area contributed by atoms with Crippen LogP contribution < -0.4 is 9.46 Å². The van der Waals surface area contributed by atoms with E-state index in [2.05, 4.69) is 14.7 Å². The lowest BCUT2D eigenvalue weighted by Gasteiger charge is -2.11. The number of aromatic nitrogens is 2. The molecule has 0 amide bonds. The van der Waals surface area contributed by atoms with Crippen molar-refractivity contribution in [2.45, 2.75) is 4.90 Å². The first-order valence-electron chi connectivity index (χ1n) is 9.24. The zero-order valence-corrected chi connectivity index (χ0v) is 17.0. The standard InChI is InChI=1S/C23H16N4O3S/c24-16-17-8-7-11-19(14-17)30-22-15-21(18-9-3-1-4-10-18)25-23(26-22)27-31(28,29)20-12-5-2-6-13-20/h1-15H,(H,25,26,27). The molecule has 0 fully saturated rings. The highest BCUT2D eigenvalue weighted by Crippen LogP contribution is 2.27. The maximum absolute atomic E-state index is 12.7. The van der Waals surface area contributed by atoms with Crippen LogP contribution in [-0.2, 0) is 10.0 Å². The van der Waals surface area contributed by atoms with Gasteiger partial charge in [0, 0.05) is 11.6 Å². The topological polar surface area (TPSA) is 105 Å². The number of nitrogens with zero attached hydrogens (tertiary/aromatic N) is 3. The van der Waals surface area contributed by atoms with Gasteiger partial charge >= 0.3 is 0 Å². The van der Waals surface area contributed by atoms with Crippen LogP contribution >= 0.6 is 0 Å². The monoisotopic (exact) mass is 428 g/mol. The molecule has 8 heteroatoms. The lowest BCUT2D eigenvalue weighted by molar-refractivity contribution is 0.463. The largest absolute Gasteiger partial charge is 0.439 e. The van der Waals surface area contributed by atoms with E-state index >= 15 is 0 Å². The maximum atomic E-state index is 12.7. The number of nitrogens with one attached hydrogen (secondary N) is 1. The van der Waals surface area contributed by atoms with E-state index < -0.39 is 10.0 Å². The number of nitriles is 1. The van der Waals surface area contributed by atoms with E-state index in [1.165, 1.54) is 12.1 Å². The minimum atomic E-state index is -3.89. The zero-order valence-electron chi connectivity index (χ0n) is 16.1. The number of benzene rings is 3. The molecule has 0 bridgehead atoms. The average molecular weight is 428 g/mol. The van der Waals surface area contributed by atoms with Gasteiger partial charge in [0.2, 0.25) is 11.8 Å². The van der Waals surface area contributed by atoms with Gasteiger partial charge in [-0.3, -0.25) is 0 Å². The van der Waals surface area contributed by atoms with E-state index in [0.29, 0.717) is 17.0 Å². The van der Waals surface area contributed by atoms with E-state index in [1.807, 2.05) is 36.4 Å². The molecule has 1 N–H and O–H groups in total. The second-order valence-corrected chi connectivity index (χ2v) is 8.12. The Labute approximate surface area is 179 Å². The molecule has 0 spiro atoms. The quantitative estimate of drug-likeness (QED) is 0.481. The second kappa shape index (κ2) is 8.65. The molecule has 1 heterocycles. The third kappa shape index (κ3) is 4.86. The fraction of sp³-hybridized carbons (Fsp3) is 0. The van der Waals surface area contributed by atoms with Crippen LogP contribution in [0.3, 0.4) is 0 Å². The summed E-state index contributed by atoms with van der Waals surface area (Å²) < 4.78 is 33.7. The molecule has 4 rings (SSSR count). The summed E-state index contributed by atoms with van der Waals surface area (Å²) in [5, 5.41) is 9.09. The molecule has 0 unspecified atom stereocenters. The van der Waals surface area contributed by atoms with Crippen molar-refractivity contribution in [2.75, 3.05) is 4.72 Å². The fourth-order valence-corrected chi connectivity index (χ4v) is 3.77. The van der Waals surface area contributed by atoms with Gasteiger partial charge in [0.25, 0.3) is 10.0 Å². The summed E-state index contributed by atoms with van der Waals surface area (Å²) in [5.74, 6) is 0.403. The minimum absolute atomic E-state index is 0.0907. The van der Waals surface area contributed by atoms with Crippen molar-refractivity contribution >= 4 is 16.0 Å². The molecule has 1 aromatic heterocycles. The number of hydrogen-bond donors (Lipinski definition) is 1. The van der Waals surface area contributed by atoms with Gasteiger partial charge in [0.15, 0.2) is 0 Å². The van der Waals surface area contributed by atoms with Crippen LogP contribution in [0.25, 0.3) is 11.3 Å². The van der Waals surface area contributed by atoms with E-state index in [1.54, 1.807) is 48.5 Å². The summed E-state index contributed by atoms with van der Waals surface area (Å²) in [6.45, 7) is 0. The highest BCUT2D eigenvalue weighted by Gasteiger charge is 2.17. The molecule has 0 radical (unpaired) electrons. The Balaban J connectivity index is 1.74. The predicted octanol–water partition coefficient (Wildman–Crippen LogP) is 4.61. The Kier molecular flexibility index (Phi) is 5.60. The zero-order chi connectivity index (χ0) is 21.7. The molecule has 152 valence electrons. The number of hydrogen-bond acceptors (Lipinski definition) is 6. The molecule has 0 atom stereocenters. The van der Waals surface area contributed by atoms with Gasteiger partial charge in [-0.1, -0.05) is 54.6 Å². The number of sulfonamides is 1. The van der Waals surface area contributed by atoms with Crippen LogP contribution in [0, 0.1) is 11.3 Å². The number of anilines is 1. The summed E-state index contributed by atoms with van der Waals surface area (Å²) in [4.78, 5) is 8.66. The van der Waals surface area contributed by atoms with Gasteiger partial charge in [0.05, 0.1) is 22.2 Å². The van der Waals surface area contributed by atoms with Crippen LogP contribution in [0.1, 0.15) is 5.56 Å². The van der Waals surface area contributed by atoms with Crippen LogP contribution in [-0.4, -0.2) is 18.4 Å². The minimum Gasteiger partial charge on any atom is -0.439 e. The lowest BCUT2D eigenvalue weighted by atomic mass is 10.1. The van der Waals surface area contributed by atoms with E-state index in [0.717, 1.165) is 5.56 Å². The lowest BCUT2D eigenvalue weighted by Crippen LogP contribution is -2.15. The van der Waals surface area contributed by atoms with Crippen LogP contribution in [0.4, 0.5) is 5.95 Å². The molecule has 0 aliphatic heterocycles. The van der Waals surface area contributed by atoms with Crippen molar-refractivity contribution in [3.8, 4) is 29.0 Å². The van der Waals surface area contributed by atoms with Gasteiger partial charge in [-0.25, -0.2) is 18.1 Å². The summed E-state index contributed by atoms with van der Waals surface area (Å²) in [6, 6.07) is 27.5. The fourth-order valence-electron chi connectivity index (χ4n) is 2.81. The smallest absolute Gasteiger partial charge is 0.264 e. The Morgan fingerprint density at radius 2 is 1.55 bits per heavy atom. The molecule has 0 saturated carbocycles. The van der Waals surface area contributed by atoms with Crippen molar-refractivity contribution in [1.29, 1.82) is 5.26 Å². The van der Waals surface area contributed by atoms with Crippen molar-refractivity contribution in [1.82, 2.24) is 9.97 Å². The van der Waals surface area contributed by atoms with Crippen molar-refractivity contribution in [2.24, 2.45) is 0 Å². The molecule has 31 heavy (non-hydrogen) atoms. The number of rotatable bonds is 6. The van der Waals surface area contributed by atoms with Crippen molar-refractivity contribution in [3.63, 3.8) is 0 Å². The summed E-state index contributed by atoms with van der Waals surface area (Å²) in [5.41, 5.74) is 1.67. The SMILES string of the molecule is N#Cc1cccc(Oc2cc(-c3ccccc3)nc(NS(=O)(=O)c3ccccc3)n2)c1. The predicted molar refractivity (Wildman–Crippen MR) is 116 cm³/mol. The van der Waals surface area contributed by atoms with E-state index in [4.69, 9.17) is 10.00 Å². The molecule has 0 saturated heterocycles.